The third-order valence-electron chi connectivity index (χ3n) is 4.11. The number of nitrogens with zero attached hydrogens (tertiary/aromatic N) is 1. The molecule has 0 atom stereocenters. The van der Waals surface area contributed by atoms with Crippen LogP contribution in [-0.2, 0) is 4.79 Å². The van der Waals surface area contributed by atoms with E-state index < -0.39 is 11.5 Å². The van der Waals surface area contributed by atoms with Crippen molar-refractivity contribution < 1.29 is 24.3 Å². The number of nitriles is 1. The second-order valence-corrected chi connectivity index (χ2v) is 5.78. The van der Waals surface area contributed by atoms with Gasteiger partial charge in [-0.15, -0.1) is 0 Å². The Morgan fingerprint density at radius 3 is 2.71 bits per heavy atom. The Labute approximate surface area is 141 Å². The number of hydrogen-bond donors (Lipinski definition) is 1. The summed E-state index contributed by atoms with van der Waals surface area (Å²) in [6.45, 7) is 3.95. The summed E-state index contributed by atoms with van der Waals surface area (Å²) in [4.78, 5) is 12.4. The zero-order chi connectivity index (χ0) is 17.4. The topological polar surface area (TPSA) is 86.8 Å². The number of aliphatic carboxylic acids is 1. The van der Waals surface area contributed by atoms with Crippen molar-refractivity contribution in [3.63, 3.8) is 0 Å². The zero-order valence-corrected chi connectivity index (χ0v) is 13.8. The summed E-state index contributed by atoms with van der Waals surface area (Å²) in [5.41, 5.74) is 0.112. The molecular formula is C18H22N2O4. The number of nitrogens with one attached hydrogen (secondary N) is 1. The molecule has 0 saturated carbocycles. The Hall–Kier alpha value is -2.52. The van der Waals surface area contributed by atoms with Crippen LogP contribution in [-0.4, -0.2) is 39.3 Å². The Balaban J connectivity index is 2.00. The molecule has 1 aliphatic rings. The van der Waals surface area contributed by atoms with Crippen molar-refractivity contribution in [2.24, 2.45) is 0 Å². The number of carboxylic acid groups (broad SMARTS) is 1. The Bertz CT molecular complexity index is 643. The van der Waals surface area contributed by atoms with Gasteiger partial charge in [0.1, 0.15) is 19.2 Å². The number of methoxy groups -OCH3 is 1. The normalized spacial score (nSPS) is 15.6. The van der Waals surface area contributed by atoms with E-state index in [9.17, 15) is 9.90 Å². The van der Waals surface area contributed by atoms with Gasteiger partial charge in [-0.3, -0.25) is 0 Å². The number of carbonyl (C=O) groups excluding carboxylic acids is 1. The number of rotatable bonds is 7. The molecule has 24 heavy (non-hydrogen) atoms. The summed E-state index contributed by atoms with van der Waals surface area (Å²) in [5, 5.41) is 19.6. The van der Waals surface area contributed by atoms with Crippen LogP contribution in [0.4, 0.5) is 0 Å². The van der Waals surface area contributed by atoms with Crippen molar-refractivity contribution in [2.45, 2.75) is 19.3 Å². The lowest BCUT2D eigenvalue weighted by Gasteiger charge is -2.23. The highest BCUT2D eigenvalue weighted by Crippen LogP contribution is 2.28. The molecule has 1 aliphatic heterocycles. The van der Waals surface area contributed by atoms with Gasteiger partial charge >= 0.3 is 0 Å². The van der Waals surface area contributed by atoms with Crippen LogP contribution in [0.1, 0.15) is 24.8 Å². The maximum atomic E-state index is 10.8. The minimum absolute atomic E-state index is 0.431. The highest BCUT2D eigenvalue weighted by Gasteiger charge is 2.13. The van der Waals surface area contributed by atoms with Crippen molar-refractivity contribution >= 4 is 12.0 Å². The van der Waals surface area contributed by atoms with Crippen molar-refractivity contribution in [1.29, 1.82) is 5.26 Å². The number of likely N-dealkylation sites (tertiary alicyclic amines) is 1. The van der Waals surface area contributed by atoms with Crippen molar-refractivity contribution in [3.8, 4) is 17.6 Å². The number of benzene rings is 1. The van der Waals surface area contributed by atoms with E-state index in [1.54, 1.807) is 29.2 Å². The maximum Gasteiger partial charge on any atom is 0.161 e. The van der Waals surface area contributed by atoms with Gasteiger partial charge < -0.3 is 24.3 Å². The second kappa shape index (κ2) is 8.94. The molecule has 128 valence electrons. The Morgan fingerprint density at radius 2 is 2.08 bits per heavy atom. The molecule has 0 unspecified atom stereocenters. The van der Waals surface area contributed by atoms with E-state index in [-0.39, 0.29) is 0 Å². The zero-order valence-electron chi connectivity index (χ0n) is 13.8. The highest BCUT2D eigenvalue weighted by atomic mass is 16.5. The molecular weight excluding hydrogens is 308 g/mol. The lowest BCUT2D eigenvalue weighted by atomic mass is 10.1. The van der Waals surface area contributed by atoms with Crippen LogP contribution in [0.2, 0.25) is 0 Å². The van der Waals surface area contributed by atoms with E-state index in [2.05, 4.69) is 0 Å². The third-order valence-corrected chi connectivity index (χ3v) is 4.11. The molecule has 0 bridgehead atoms. The fourth-order valence-electron chi connectivity index (χ4n) is 2.80. The van der Waals surface area contributed by atoms with Gasteiger partial charge in [-0.2, -0.15) is 5.26 Å². The fourth-order valence-corrected chi connectivity index (χ4v) is 2.80. The molecule has 1 N–H and O–H groups in total. The summed E-state index contributed by atoms with van der Waals surface area (Å²) >= 11 is 0. The van der Waals surface area contributed by atoms with E-state index in [1.807, 2.05) is 0 Å². The maximum absolute atomic E-state index is 10.8. The molecule has 1 saturated heterocycles. The average Bonchev–Trinajstić information content (AvgIpc) is 2.61. The molecule has 1 aromatic rings. The Morgan fingerprint density at radius 1 is 1.33 bits per heavy atom. The number of quaternary nitrogens is 1. The SMILES string of the molecule is COc1cc(/C=C(\C#N)C(=O)[O-])ccc1OCC[NH+]1CCCCC1. The molecule has 1 fully saturated rings. The minimum atomic E-state index is -1.50. The summed E-state index contributed by atoms with van der Waals surface area (Å²) in [5.74, 6) is -0.382. The fraction of sp³-hybridized carbons (Fsp3) is 0.444. The molecule has 0 amide bonds. The van der Waals surface area contributed by atoms with Crippen LogP contribution >= 0.6 is 0 Å². The lowest BCUT2D eigenvalue weighted by molar-refractivity contribution is -0.904. The van der Waals surface area contributed by atoms with Gasteiger partial charge in [0.2, 0.25) is 0 Å². The monoisotopic (exact) mass is 330 g/mol. The summed E-state index contributed by atoms with van der Waals surface area (Å²) in [6.07, 6.45) is 5.13. The predicted molar refractivity (Wildman–Crippen MR) is 86.5 cm³/mol. The molecule has 0 aliphatic carbocycles. The van der Waals surface area contributed by atoms with Crippen molar-refractivity contribution in [3.05, 3.63) is 29.3 Å². The molecule has 1 heterocycles. The van der Waals surface area contributed by atoms with E-state index in [1.165, 1.54) is 45.5 Å². The summed E-state index contributed by atoms with van der Waals surface area (Å²) in [7, 11) is 1.52. The number of hydrogen-bond acceptors (Lipinski definition) is 5. The smallest absolute Gasteiger partial charge is 0.161 e. The highest BCUT2D eigenvalue weighted by molar-refractivity contribution is 5.95. The van der Waals surface area contributed by atoms with Crippen LogP contribution in [0.3, 0.4) is 0 Å². The lowest BCUT2D eigenvalue weighted by Crippen LogP contribution is -3.13. The molecule has 1 aromatic carbocycles. The number of carbonyl (C=O) groups is 1. The van der Waals surface area contributed by atoms with Gasteiger partial charge in [0.15, 0.2) is 11.5 Å². The molecule has 6 heteroatoms. The van der Waals surface area contributed by atoms with Gasteiger partial charge in [0.25, 0.3) is 0 Å². The van der Waals surface area contributed by atoms with Crippen molar-refractivity contribution in [1.82, 2.24) is 0 Å². The largest absolute Gasteiger partial charge is 0.544 e. The first kappa shape index (κ1) is 17.8. The molecule has 2 rings (SSSR count). The number of ether oxygens (including phenoxy) is 2. The van der Waals surface area contributed by atoms with Gasteiger partial charge in [0.05, 0.1) is 31.7 Å². The van der Waals surface area contributed by atoms with E-state index in [0.717, 1.165) is 6.54 Å². The number of piperidine rings is 1. The van der Waals surface area contributed by atoms with Crippen LogP contribution in [0.5, 0.6) is 11.5 Å². The second-order valence-electron chi connectivity index (χ2n) is 5.78. The van der Waals surface area contributed by atoms with Gasteiger partial charge in [-0.05, 0) is 43.0 Å². The molecule has 0 radical (unpaired) electrons. The third kappa shape index (κ3) is 5.00. The Kier molecular flexibility index (Phi) is 6.64. The first-order chi connectivity index (χ1) is 11.6. The van der Waals surface area contributed by atoms with Crippen LogP contribution in [0.25, 0.3) is 6.08 Å². The minimum Gasteiger partial charge on any atom is -0.544 e. The van der Waals surface area contributed by atoms with E-state index >= 15 is 0 Å². The van der Waals surface area contributed by atoms with Crippen molar-refractivity contribution in [2.75, 3.05) is 33.4 Å². The van der Waals surface area contributed by atoms with Gasteiger partial charge in [-0.1, -0.05) is 6.07 Å². The van der Waals surface area contributed by atoms with E-state index in [0.29, 0.717) is 23.7 Å². The summed E-state index contributed by atoms with van der Waals surface area (Å²) < 4.78 is 11.1. The first-order valence-electron chi connectivity index (χ1n) is 8.11. The number of carboxylic acids is 1. The van der Waals surface area contributed by atoms with Crippen LogP contribution in [0.15, 0.2) is 23.8 Å². The van der Waals surface area contributed by atoms with Crippen LogP contribution < -0.4 is 19.5 Å². The van der Waals surface area contributed by atoms with E-state index in [4.69, 9.17) is 14.7 Å². The summed E-state index contributed by atoms with van der Waals surface area (Å²) in [6, 6.07) is 6.65. The van der Waals surface area contributed by atoms with Gasteiger partial charge in [0, 0.05) is 0 Å². The molecule has 6 nitrogen and oxygen atoms in total. The van der Waals surface area contributed by atoms with Gasteiger partial charge in [-0.25, -0.2) is 0 Å². The van der Waals surface area contributed by atoms with Crippen LogP contribution in [0, 0.1) is 11.3 Å². The predicted octanol–water partition coefficient (Wildman–Crippen LogP) is -0.200. The average molecular weight is 330 g/mol. The molecule has 0 spiro atoms. The quantitative estimate of drug-likeness (QED) is 0.553. The standard InChI is InChI=1S/C18H22N2O4/c1-23-17-12-14(11-15(13-19)18(21)22)5-6-16(17)24-10-9-20-7-3-2-4-8-20/h5-6,11-12H,2-4,7-10H2,1H3,(H,21,22)/b15-11+. The first-order valence-corrected chi connectivity index (χ1v) is 8.11. The molecule has 0 aromatic heterocycles.